The van der Waals surface area contributed by atoms with Crippen LogP contribution in [0.5, 0.6) is 0 Å². The summed E-state index contributed by atoms with van der Waals surface area (Å²) < 4.78 is 8.56. The molecule has 0 saturated heterocycles. The third-order valence-corrected chi connectivity index (χ3v) is 11.0. The highest BCUT2D eigenvalue weighted by molar-refractivity contribution is 6.06. The van der Waals surface area contributed by atoms with Gasteiger partial charge in [0.05, 0.1) is 5.52 Å². The van der Waals surface area contributed by atoms with Crippen molar-refractivity contribution < 1.29 is 4.42 Å². The predicted molar refractivity (Wildman–Crippen MR) is 228 cm³/mol. The normalized spacial score (nSPS) is 13.8. The molecule has 0 saturated carbocycles. The SMILES string of the molecule is C1=Cc2c(n(-c3nc(-c4ccccc4)nc(-c4ccc(-c5ccccc5)cc4)n3)c3ccccc23)C(c2cccc(-c3ccc4c(c3)oc3ccccc34)c2)C1. The molecule has 0 amide bonds. The van der Waals surface area contributed by atoms with Gasteiger partial charge in [0, 0.05) is 44.5 Å². The molecule has 0 bridgehead atoms. The van der Waals surface area contributed by atoms with Crippen LogP contribution >= 0.6 is 0 Å². The zero-order chi connectivity index (χ0) is 37.0. The molecule has 7 aromatic carbocycles. The highest BCUT2D eigenvalue weighted by Gasteiger charge is 2.29. The number of rotatable bonds is 6. The maximum atomic E-state index is 6.28. The van der Waals surface area contributed by atoms with E-state index < -0.39 is 0 Å². The number of nitrogens with zero attached hydrogens (tertiary/aromatic N) is 4. The molecule has 1 aliphatic rings. The van der Waals surface area contributed by atoms with E-state index in [0.29, 0.717) is 17.6 Å². The molecule has 5 heteroatoms. The van der Waals surface area contributed by atoms with Crippen molar-refractivity contribution in [1.82, 2.24) is 19.5 Å². The summed E-state index contributed by atoms with van der Waals surface area (Å²) in [5, 5.41) is 3.44. The van der Waals surface area contributed by atoms with Crippen LogP contribution < -0.4 is 0 Å². The molecule has 0 fully saturated rings. The standard InChI is InChI=1S/C51H34N4O/c1-3-13-33(14-4-1)34-25-27-36(28-26-34)50-52-49(35-15-5-2-6-16-35)53-51(54-50)55-45-23-9-7-19-41(45)44-22-12-21-40(48(44)55)39-18-11-17-37(31-39)38-29-30-43-42-20-8-10-24-46(42)56-47(43)32-38/h1-20,22-32,40H,21H2. The quantitative estimate of drug-likeness (QED) is 0.172. The van der Waals surface area contributed by atoms with E-state index >= 15 is 0 Å². The number of aromatic nitrogens is 4. The Morgan fingerprint density at radius 1 is 0.464 bits per heavy atom. The lowest BCUT2D eigenvalue weighted by atomic mass is 9.85. The summed E-state index contributed by atoms with van der Waals surface area (Å²) in [4.78, 5) is 15.6. The Bertz CT molecular complexity index is 3100. The van der Waals surface area contributed by atoms with Crippen LogP contribution in [0.4, 0.5) is 0 Å². The zero-order valence-corrected chi connectivity index (χ0v) is 30.4. The van der Waals surface area contributed by atoms with Crippen molar-refractivity contribution in [3.63, 3.8) is 0 Å². The van der Waals surface area contributed by atoms with Gasteiger partial charge in [-0.3, -0.25) is 4.57 Å². The summed E-state index contributed by atoms with van der Waals surface area (Å²) >= 11 is 0. The van der Waals surface area contributed by atoms with Crippen LogP contribution in [0.15, 0.2) is 186 Å². The number of hydrogen-bond acceptors (Lipinski definition) is 4. The van der Waals surface area contributed by atoms with Crippen LogP contribution in [0.25, 0.3) is 89.9 Å². The van der Waals surface area contributed by atoms with Crippen molar-refractivity contribution in [3.05, 3.63) is 199 Å². The highest BCUT2D eigenvalue weighted by Crippen LogP contribution is 2.43. The lowest BCUT2D eigenvalue weighted by molar-refractivity contribution is 0.669. The Balaban J connectivity index is 1.07. The van der Waals surface area contributed by atoms with E-state index in [4.69, 9.17) is 19.4 Å². The van der Waals surface area contributed by atoms with E-state index in [2.05, 4.69) is 156 Å². The maximum Gasteiger partial charge on any atom is 0.238 e. The molecule has 3 aromatic heterocycles. The Hall–Kier alpha value is -7.37. The number of benzene rings is 7. The Morgan fingerprint density at radius 3 is 1.86 bits per heavy atom. The average molecular weight is 719 g/mol. The van der Waals surface area contributed by atoms with Gasteiger partial charge in [0.25, 0.3) is 0 Å². The lowest BCUT2D eigenvalue weighted by Crippen LogP contribution is -2.14. The Labute approximate surface area is 323 Å². The van der Waals surface area contributed by atoms with Gasteiger partial charge in [0.15, 0.2) is 11.6 Å². The molecule has 0 spiro atoms. The molecule has 10 aromatic rings. The first-order chi connectivity index (χ1) is 27.7. The van der Waals surface area contributed by atoms with Gasteiger partial charge in [0.2, 0.25) is 5.95 Å². The number of allylic oxidation sites excluding steroid dienone is 1. The minimum atomic E-state index is 0.0582. The van der Waals surface area contributed by atoms with Crippen molar-refractivity contribution in [1.29, 1.82) is 0 Å². The summed E-state index contributed by atoms with van der Waals surface area (Å²) in [6.07, 6.45) is 5.42. The van der Waals surface area contributed by atoms with Gasteiger partial charge < -0.3 is 4.42 Å². The summed E-state index contributed by atoms with van der Waals surface area (Å²) in [7, 11) is 0. The van der Waals surface area contributed by atoms with Crippen molar-refractivity contribution >= 4 is 38.9 Å². The van der Waals surface area contributed by atoms with Gasteiger partial charge in [-0.05, 0) is 58.5 Å². The van der Waals surface area contributed by atoms with Crippen LogP contribution in [-0.2, 0) is 0 Å². The second-order valence-corrected chi connectivity index (χ2v) is 14.4. The summed E-state index contributed by atoms with van der Waals surface area (Å²) in [6, 6.07) is 61.5. The fourth-order valence-electron chi connectivity index (χ4n) is 8.34. The lowest BCUT2D eigenvalue weighted by Gasteiger charge is -2.23. The Kier molecular flexibility index (Phi) is 7.56. The second-order valence-electron chi connectivity index (χ2n) is 14.4. The van der Waals surface area contributed by atoms with Gasteiger partial charge in [-0.15, -0.1) is 0 Å². The van der Waals surface area contributed by atoms with Gasteiger partial charge in [-0.1, -0.05) is 164 Å². The number of fused-ring (bicyclic) bond motifs is 6. The molecule has 1 unspecified atom stereocenters. The first-order valence-corrected chi connectivity index (χ1v) is 19.0. The third kappa shape index (κ3) is 5.44. The molecular formula is C51H34N4O. The molecule has 0 N–H and O–H groups in total. The van der Waals surface area contributed by atoms with Gasteiger partial charge in [-0.2, -0.15) is 9.97 Å². The van der Waals surface area contributed by atoms with Crippen LogP contribution in [-0.4, -0.2) is 19.5 Å². The van der Waals surface area contributed by atoms with E-state index in [0.717, 1.165) is 61.7 Å². The fraction of sp³-hybridized carbons (Fsp3) is 0.0392. The molecule has 1 atom stereocenters. The number of para-hydroxylation sites is 2. The minimum absolute atomic E-state index is 0.0582. The van der Waals surface area contributed by atoms with Crippen LogP contribution in [0, 0.1) is 0 Å². The topological polar surface area (TPSA) is 56.7 Å². The predicted octanol–water partition coefficient (Wildman–Crippen LogP) is 12.9. The second kappa shape index (κ2) is 13.2. The van der Waals surface area contributed by atoms with Gasteiger partial charge >= 0.3 is 0 Å². The van der Waals surface area contributed by atoms with E-state index in [9.17, 15) is 0 Å². The van der Waals surface area contributed by atoms with Crippen molar-refractivity contribution in [2.75, 3.05) is 0 Å². The molecule has 11 rings (SSSR count). The van der Waals surface area contributed by atoms with E-state index in [1.807, 2.05) is 36.4 Å². The first kappa shape index (κ1) is 32.1. The smallest absolute Gasteiger partial charge is 0.238 e. The first-order valence-electron chi connectivity index (χ1n) is 19.0. The molecule has 0 radical (unpaired) electrons. The van der Waals surface area contributed by atoms with Crippen molar-refractivity contribution in [3.8, 4) is 51.0 Å². The molecule has 1 aliphatic carbocycles. The molecule has 5 nitrogen and oxygen atoms in total. The van der Waals surface area contributed by atoms with Crippen LogP contribution in [0.1, 0.15) is 29.2 Å². The number of hydrogen-bond donors (Lipinski definition) is 0. The minimum Gasteiger partial charge on any atom is -0.456 e. The van der Waals surface area contributed by atoms with Gasteiger partial charge in [0.1, 0.15) is 11.2 Å². The van der Waals surface area contributed by atoms with Crippen LogP contribution in [0.3, 0.4) is 0 Å². The summed E-state index contributed by atoms with van der Waals surface area (Å²) in [5.41, 5.74) is 12.9. The van der Waals surface area contributed by atoms with Gasteiger partial charge in [-0.25, -0.2) is 4.98 Å². The maximum absolute atomic E-state index is 6.28. The molecule has 0 aliphatic heterocycles. The van der Waals surface area contributed by atoms with E-state index in [-0.39, 0.29) is 5.92 Å². The summed E-state index contributed by atoms with van der Waals surface area (Å²) in [5.74, 6) is 1.93. The fourth-order valence-corrected chi connectivity index (χ4v) is 8.34. The van der Waals surface area contributed by atoms with Crippen LogP contribution in [0.2, 0.25) is 0 Å². The zero-order valence-electron chi connectivity index (χ0n) is 30.4. The summed E-state index contributed by atoms with van der Waals surface area (Å²) in [6.45, 7) is 0. The van der Waals surface area contributed by atoms with Crippen molar-refractivity contribution in [2.24, 2.45) is 0 Å². The largest absolute Gasteiger partial charge is 0.456 e. The van der Waals surface area contributed by atoms with E-state index in [1.54, 1.807) is 0 Å². The molecule has 3 heterocycles. The molecule has 264 valence electrons. The highest BCUT2D eigenvalue weighted by atomic mass is 16.3. The Morgan fingerprint density at radius 2 is 1.05 bits per heavy atom. The third-order valence-electron chi connectivity index (χ3n) is 11.0. The van der Waals surface area contributed by atoms with E-state index in [1.165, 1.54) is 27.8 Å². The number of furan rings is 1. The monoisotopic (exact) mass is 718 g/mol. The molecular weight excluding hydrogens is 685 g/mol. The molecule has 56 heavy (non-hydrogen) atoms. The average Bonchev–Trinajstić information content (AvgIpc) is 3.82. The van der Waals surface area contributed by atoms with Crippen molar-refractivity contribution in [2.45, 2.75) is 12.3 Å².